The van der Waals surface area contributed by atoms with Crippen molar-refractivity contribution >= 4 is 104 Å². The van der Waals surface area contributed by atoms with Gasteiger partial charge in [0.15, 0.2) is 15.9 Å². The van der Waals surface area contributed by atoms with Gasteiger partial charge in [0.1, 0.15) is 4.90 Å². The summed E-state index contributed by atoms with van der Waals surface area (Å²) in [6.07, 6.45) is 0. The maximum absolute atomic E-state index is 13.0. The van der Waals surface area contributed by atoms with E-state index in [9.17, 15) is 47.6 Å². The molecule has 0 saturated carbocycles. The van der Waals surface area contributed by atoms with Crippen LogP contribution >= 0.6 is 0 Å². The quantitative estimate of drug-likeness (QED) is 0.154. The summed E-state index contributed by atoms with van der Waals surface area (Å²) in [7, 11) is -18.6. The van der Waals surface area contributed by atoms with Crippen molar-refractivity contribution in [2.75, 3.05) is 17.4 Å². The minimum atomic E-state index is -4.94. The van der Waals surface area contributed by atoms with E-state index in [4.69, 9.17) is 4.55 Å². The third kappa shape index (κ3) is 8.31. The summed E-state index contributed by atoms with van der Waals surface area (Å²) in [5.41, 5.74) is 0.377. The second-order valence-corrected chi connectivity index (χ2v) is 14.9. The van der Waals surface area contributed by atoms with E-state index >= 15 is 0 Å². The van der Waals surface area contributed by atoms with Crippen molar-refractivity contribution in [1.82, 2.24) is 0 Å². The number of anilines is 1. The smallest absolute Gasteiger partial charge is 0.282 e. The number of fused-ring (bicyclic) bond motifs is 1. The van der Waals surface area contributed by atoms with E-state index < -0.39 is 74.6 Å². The number of nitrogens with zero attached hydrogens (tertiary/aromatic N) is 4. The van der Waals surface area contributed by atoms with Crippen LogP contribution in [0.15, 0.2) is 84.6 Å². The topological polar surface area (TPSA) is 264 Å². The Balaban J connectivity index is 0.00000529. The van der Waals surface area contributed by atoms with Gasteiger partial charge in [-0.2, -0.15) is 45.6 Å². The maximum Gasteiger partial charge on any atom is 0.397 e. The van der Waals surface area contributed by atoms with Crippen molar-refractivity contribution in [3.05, 3.63) is 54.6 Å². The zero-order valence-corrected chi connectivity index (χ0v) is 27.8. The van der Waals surface area contributed by atoms with Crippen LogP contribution in [-0.4, -0.2) is 107 Å². The van der Waals surface area contributed by atoms with Gasteiger partial charge in [0.2, 0.25) is 0 Å². The van der Waals surface area contributed by atoms with Crippen LogP contribution in [0.2, 0.25) is 0 Å². The molecule has 1 heterocycles. The molecular weight excluding hydrogens is 680 g/mol. The SMILES string of the molecule is CC1=NN(c2ccc(S(=O)(=O)CCOS(=O)(=O)O)cc2)C(=O)C1N=Nc1ccc2cc(S(=O)(=O)O)cc(S(=O)(=O)O)c2c1.[Na]. The van der Waals surface area contributed by atoms with Crippen molar-refractivity contribution in [1.29, 1.82) is 0 Å². The molecule has 0 spiro atoms. The summed E-state index contributed by atoms with van der Waals surface area (Å²) in [6.45, 7) is 0.660. The predicted octanol–water partition coefficient (Wildman–Crippen LogP) is 1.42. The Morgan fingerprint density at radius 3 is 2.07 bits per heavy atom. The molecular formula is C22H20N4NaO13S4. The number of carbonyl (C=O) groups excluding carboxylic acids is 1. The van der Waals surface area contributed by atoms with Crippen molar-refractivity contribution in [2.45, 2.75) is 27.7 Å². The Kier molecular flexibility index (Phi) is 10.5. The number of azo groups is 1. The molecule has 1 atom stereocenters. The van der Waals surface area contributed by atoms with E-state index in [2.05, 4.69) is 19.5 Å². The normalized spacial score (nSPS) is 16.4. The molecule has 1 aliphatic heterocycles. The molecule has 0 aliphatic carbocycles. The number of hydrogen-bond donors (Lipinski definition) is 3. The van der Waals surface area contributed by atoms with Gasteiger partial charge in [0, 0.05) is 34.9 Å². The maximum atomic E-state index is 13.0. The molecule has 1 amide bonds. The molecule has 1 radical (unpaired) electrons. The average molecular weight is 700 g/mol. The van der Waals surface area contributed by atoms with E-state index in [1.807, 2.05) is 0 Å². The zero-order chi connectivity index (χ0) is 32.0. The third-order valence-corrected chi connectivity index (χ3v) is 9.74. The van der Waals surface area contributed by atoms with Gasteiger partial charge < -0.3 is 0 Å². The molecule has 0 bridgehead atoms. The summed E-state index contributed by atoms with van der Waals surface area (Å²) in [6, 6.07) is 8.93. The minimum Gasteiger partial charge on any atom is -0.282 e. The molecule has 4 rings (SSSR count). The molecule has 231 valence electrons. The number of amides is 1. The standard InChI is InChI=1S/C22H20N4O13S4.Na/c1-13-21(22(27)26(25-13)16-4-6-17(7-5-16)40(28,29)9-8-39-43(36,37)38)24-23-15-3-2-14-10-18(41(30,31)32)12-20(19(14)11-15)42(33,34)35;/h2-7,10-12,21H,8-9H2,1H3,(H,30,31,32)(H,33,34,35)(H,36,37,38);. The Morgan fingerprint density at radius 1 is 0.864 bits per heavy atom. The minimum absolute atomic E-state index is 0. The summed E-state index contributed by atoms with van der Waals surface area (Å²) in [5.74, 6) is -1.42. The van der Waals surface area contributed by atoms with E-state index in [0.29, 0.717) is 6.07 Å². The van der Waals surface area contributed by atoms with E-state index in [0.717, 1.165) is 23.2 Å². The summed E-state index contributed by atoms with van der Waals surface area (Å²) < 4.78 is 124. The molecule has 22 heteroatoms. The molecule has 0 fully saturated rings. The Hall–Kier alpha value is -2.70. The Morgan fingerprint density at radius 2 is 1.50 bits per heavy atom. The van der Waals surface area contributed by atoms with E-state index in [1.54, 1.807) is 0 Å². The number of sulfone groups is 1. The number of hydrazone groups is 1. The molecule has 3 aromatic rings. The van der Waals surface area contributed by atoms with Crippen molar-refractivity contribution < 1.29 is 56.3 Å². The van der Waals surface area contributed by atoms with Gasteiger partial charge in [0.05, 0.1) is 39.2 Å². The molecule has 1 unspecified atom stereocenters. The van der Waals surface area contributed by atoms with Gasteiger partial charge in [-0.3, -0.25) is 18.5 Å². The van der Waals surface area contributed by atoms with Gasteiger partial charge in [-0.05, 0) is 60.8 Å². The molecule has 17 nitrogen and oxygen atoms in total. The van der Waals surface area contributed by atoms with Gasteiger partial charge in [-0.25, -0.2) is 12.6 Å². The second-order valence-electron chi connectivity index (χ2n) is 8.85. The summed E-state index contributed by atoms with van der Waals surface area (Å²) in [4.78, 5) is 11.2. The first-order valence-electron chi connectivity index (χ1n) is 11.5. The van der Waals surface area contributed by atoms with Gasteiger partial charge >= 0.3 is 10.4 Å². The van der Waals surface area contributed by atoms with Crippen LogP contribution in [0, 0.1) is 0 Å². The van der Waals surface area contributed by atoms with Gasteiger partial charge in [-0.15, -0.1) is 0 Å². The Bertz CT molecular complexity index is 2140. The predicted molar refractivity (Wildman–Crippen MR) is 154 cm³/mol. The van der Waals surface area contributed by atoms with Crippen molar-refractivity contribution in [3.63, 3.8) is 0 Å². The van der Waals surface area contributed by atoms with E-state index in [1.165, 1.54) is 37.3 Å². The van der Waals surface area contributed by atoms with Crippen LogP contribution in [0.5, 0.6) is 0 Å². The van der Waals surface area contributed by atoms with Crippen LogP contribution in [0.1, 0.15) is 6.92 Å². The third-order valence-electron chi connectivity index (χ3n) is 5.86. The molecule has 0 saturated heterocycles. The molecule has 3 N–H and O–H groups in total. The first-order valence-corrected chi connectivity index (χ1v) is 17.4. The monoisotopic (exact) mass is 699 g/mol. The number of carbonyl (C=O) groups is 1. The fourth-order valence-electron chi connectivity index (χ4n) is 3.87. The van der Waals surface area contributed by atoms with Crippen LogP contribution in [-0.2, 0) is 49.5 Å². The van der Waals surface area contributed by atoms with Crippen molar-refractivity contribution in [3.8, 4) is 0 Å². The first kappa shape index (κ1) is 35.8. The summed E-state index contributed by atoms with van der Waals surface area (Å²) >= 11 is 0. The summed E-state index contributed by atoms with van der Waals surface area (Å²) in [5, 5.41) is 12.9. The second kappa shape index (κ2) is 13.0. The fourth-order valence-corrected chi connectivity index (χ4v) is 6.71. The van der Waals surface area contributed by atoms with Crippen LogP contribution in [0.4, 0.5) is 11.4 Å². The molecule has 0 aromatic heterocycles. The van der Waals surface area contributed by atoms with E-state index in [-0.39, 0.29) is 62.3 Å². The largest absolute Gasteiger partial charge is 0.397 e. The average Bonchev–Trinajstić information content (AvgIpc) is 3.17. The zero-order valence-electron chi connectivity index (χ0n) is 22.5. The first-order chi connectivity index (χ1) is 19.8. The van der Waals surface area contributed by atoms with Gasteiger partial charge in [0.25, 0.3) is 26.1 Å². The van der Waals surface area contributed by atoms with Crippen LogP contribution in [0.3, 0.4) is 0 Å². The number of hydrogen-bond acceptors (Lipinski definition) is 13. The number of benzene rings is 3. The Labute approximate surface area is 273 Å². The fraction of sp³-hybridized carbons (Fsp3) is 0.182. The molecule has 3 aromatic carbocycles. The molecule has 44 heavy (non-hydrogen) atoms. The number of rotatable bonds is 10. The van der Waals surface area contributed by atoms with Gasteiger partial charge in [-0.1, -0.05) is 6.07 Å². The van der Waals surface area contributed by atoms with Crippen molar-refractivity contribution in [2.24, 2.45) is 15.3 Å². The molecule has 1 aliphatic rings. The van der Waals surface area contributed by atoms with Crippen LogP contribution in [0.25, 0.3) is 10.8 Å². The van der Waals surface area contributed by atoms with Crippen LogP contribution < -0.4 is 5.01 Å².